The molecule has 0 amide bonds. The molecule has 17 heavy (non-hydrogen) atoms. The molecular formula is C14H28N2O. The van der Waals surface area contributed by atoms with Crippen molar-refractivity contribution in [1.82, 2.24) is 10.2 Å². The van der Waals surface area contributed by atoms with E-state index in [0.29, 0.717) is 0 Å². The maximum atomic E-state index is 5.12. The maximum Gasteiger partial charge on any atom is 0.0462 e. The molecule has 2 aliphatic heterocycles. The number of piperidine rings is 1. The lowest BCUT2D eigenvalue weighted by atomic mass is 9.90. The number of rotatable bonds is 6. The molecule has 2 unspecified atom stereocenters. The highest BCUT2D eigenvalue weighted by atomic mass is 16.5. The van der Waals surface area contributed by atoms with Crippen molar-refractivity contribution in [3.63, 3.8) is 0 Å². The van der Waals surface area contributed by atoms with E-state index in [1.165, 1.54) is 64.7 Å². The van der Waals surface area contributed by atoms with Gasteiger partial charge in [0.15, 0.2) is 0 Å². The summed E-state index contributed by atoms with van der Waals surface area (Å²) in [5.74, 6) is 0.911. The van der Waals surface area contributed by atoms with Crippen molar-refractivity contribution in [1.29, 1.82) is 0 Å². The molecule has 2 aliphatic rings. The Balaban J connectivity index is 1.72. The molecule has 0 aliphatic carbocycles. The lowest BCUT2D eigenvalue weighted by Crippen LogP contribution is -2.43. The van der Waals surface area contributed by atoms with Crippen LogP contribution in [0, 0.1) is 5.92 Å². The van der Waals surface area contributed by atoms with Crippen molar-refractivity contribution >= 4 is 0 Å². The van der Waals surface area contributed by atoms with Crippen LogP contribution in [0.25, 0.3) is 0 Å². The summed E-state index contributed by atoms with van der Waals surface area (Å²) in [7, 11) is 1.80. The van der Waals surface area contributed by atoms with Gasteiger partial charge in [0.1, 0.15) is 0 Å². The Labute approximate surface area is 106 Å². The van der Waals surface area contributed by atoms with Crippen molar-refractivity contribution in [2.75, 3.05) is 39.9 Å². The summed E-state index contributed by atoms with van der Waals surface area (Å²) in [6.45, 7) is 6.01. The number of methoxy groups -OCH3 is 1. The Morgan fingerprint density at radius 1 is 1.24 bits per heavy atom. The van der Waals surface area contributed by atoms with Gasteiger partial charge in [-0.05, 0) is 70.6 Å². The predicted octanol–water partition coefficient (Wildman–Crippen LogP) is 1.88. The van der Waals surface area contributed by atoms with Crippen LogP contribution in [0.15, 0.2) is 0 Å². The second-order valence-corrected chi connectivity index (χ2v) is 5.55. The second kappa shape index (κ2) is 7.34. The number of nitrogens with zero attached hydrogens (tertiary/aromatic N) is 1. The van der Waals surface area contributed by atoms with E-state index >= 15 is 0 Å². The van der Waals surface area contributed by atoms with Gasteiger partial charge in [-0.2, -0.15) is 0 Å². The smallest absolute Gasteiger partial charge is 0.0462 e. The third kappa shape index (κ3) is 3.94. The quantitative estimate of drug-likeness (QED) is 0.717. The Bertz CT molecular complexity index is 204. The van der Waals surface area contributed by atoms with Crippen LogP contribution >= 0.6 is 0 Å². The third-order valence-corrected chi connectivity index (χ3v) is 4.34. The summed E-state index contributed by atoms with van der Waals surface area (Å²) in [5, 5.41) is 3.56. The van der Waals surface area contributed by atoms with E-state index in [4.69, 9.17) is 4.74 Å². The zero-order valence-corrected chi connectivity index (χ0v) is 11.3. The van der Waals surface area contributed by atoms with Gasteiger partial charge in [0.05, 0.1) is 0 Å². The van der Waals surface area contributed by atoms with Gasteiger partial charge in [-0.25, -0.2) is 0 Å². The van der Waals surface area contributed by atoms with Crippen LogP contribution in [-0.4, -0.2) is 50.8 Å². The Hall–Kier alpha value is -0.120. The number of unbranched alkanes of at least 4 members (excludes halogenated alkanes) is 1. The van der Waals surface area contributed by atoms with Crippen molar-refractivity contribution in [3.8, 4) is 0 Å². The van der Waals surface area contributed by atoms with Gasteiger partial charge in [0, 0.05) is 19.8 Å². The van der Waals surface area contributed by atoms with E-state index in [-0.39, 0.29) is 0 Å². The highest BCUT2D eigenvalue weighted by Crippen LogP contribution is 2.28. The van der Waals surface area contributed by atoms with Crippen molar-refractivity contribution in [2.24, 2.45) is 5.92 Å². The SMILES string of the molecule is COCCCCN1CCCC1C1CCCNC1. The summed E-state index contributed by atoms with van der Waals surface area (Å²) in [6.07, 6.45) is 8.15. The first-order valence-electron chi connectivity index (χ1n) is 7.35. The summed E-state index contributed by atoms with van der Waals surface area (Å²) >= 11 is 0. The minimum absolute atomic E-state index is 0.866. The minimum atomic E-state index is 0.866. The largest absolute Gasteiger partial charge is 0.385 e. The fourth-order valence-electron chi connectivity index (χ4n) is 3.43. The van der Waals surface area contributed by atoms with Gasteiger partial charge in [-0.1, -0.05) is 0 Å². The Morgan fingerprint density at radius 2 is 2.18 bits per heavy atom. The molecular weight excluding hydrogens is 212 g/mol. The fourth-order valence-corrected chi connectivity index (χ4v) is 3.43. The first-order valence-corrected chi connectivity index (χ1v) is 7.35. The molecule has 0 aromatic carbocycles. The molecule has 3 nitrogen and oxygen atoms in total. The molecule has 2 heterocycles. The van der Waals surface area contributed by atoms with Crippen LogP contribution in [-0.2, 0) is 4.74 Å². The van der Waals surface area contributed by atoms with Gasteiger partial charge < -0.3 is 15.0 Å². The Morgan fingerprint density at radius 3 is 2.94 bits per heavy atom. The topological polar surface area (TPSA) is 24.5 Å². The molecule has 2 atom stereocenters. The number of ether oxygens (including phenoxy) is 1. The van der Waals surface area contributed by atoms with E-state index in [0.717, 1.165) is 18.6 Å². The normalized spacial score (nSPS) is 30.9. The maximum absolute atomic E-state index is 5.12. The first kappa shape index (κ1) is 13.3. The van der Waals surface area contributed by atoms with Gasteiger partial charge in [-0.3, -0.25) is 0 Å². The summed E-state index contributed by atoms with van der Waals surface area (Å²) in [4.78, 5) is 2.74. The average Bonchev–Trinajstić information content (AvgIpc) is 2.84. The fraction of sp³-hybridized carbons (Fsp3) is 1.00. The van der Waals surface area contributed by atoms with Crippen molar-refractivity contribution < 1.29 is 4.74 Å². The van der Waals surface area contributed by atoms with Crippen LogP contribution in [0.2, 0.25) is 0 Å². The molecule has 1 N–H and O–H groups in total. The number of nitrogens with one attached hydrogen (secondary N) is 1. The summed E-state index contributed by atoms with van der Waals surface area (Å²) < 4.78 is 5.12. The molecule has 0 radical (unpaired) electrons. The molecule has 0 aromatic heterocycles. The molecule has 2 rings (SSSR count). The molecule has 2 saturated heterocycles. The van der Waals surface area contributed by atoms with Gasteiger partial charge in [-0.15, -0.1) is 0 Å². The van der Waals surface area contributed by atoms with Crippen LogP contribution in [0.1, 0.15) is 38.5 Å². The van der Waals surface area contributed by atoms with Crippen LogP contribution in [0.5, 0.6) is 0 Å². The average molecular weight is 240 g/mol. The molecule has 100 valence electrons. The standard InChI is InChI=1S/C14H28N2O/c1-17-11-3-2-9-16-10-5-7-14(16)13-6-4-8-15-12-13/h13-15H,2-12H2,1H3. The highest BCUT2D eigenvalue weighted by molar-refractivity contribution is 4.87. The van der Waals surface area contributed by atoms with Gasteiger partial charge in [0.2, 0.25) is 0 Å². The highest BCUT2D eigenvalue weighted by Gasteiger charge is 2.31. The molecule has 0 aromatic rings. The van der Waals surface area contributed by atoms with Crippen molar-refractivity contribution in [2.45, 2.75) is 44.6 Å². The monoisotopic (exact) mass is 240 g/mol. The first-order chi connectivity index (χ1) is 8.42. The number of hydrogen-bond donors (Lipinski definition) is 1. The second-order valence-electron chi connectivity index (χ2n) is 5.55. The lowest BCUT2D eigenvalue weighted by Gasteiger charge is -2.34. The predicted molar refractivity (Wildman–Crippen MR) is 71.3 cm³/mol. The van der Waals surface area contributed by atoms with E-state index in [1.54, 1.807) is 7.11 Å². The molecule has 0 bridgehead atoms. The summed E-state index contributed by atoms with van der Waals surface area (Å²) in [6, 6.07) is 0.866. The minimum Gasteiger partial charge on any atom is -0.385 e. The zero-order chi connectivity index (χ0) is 11.9. The summed E-state index contributed by atoms with van der Waals surface area (Å²) in [5.41, 5.74) is 0. The zero-order valence-electron chi connectivity index (χ0n) is 11.3. The molecule has 3 heteroatoms. The van der Waals surface area contributed by atoms with Crippen LogP contribution in [0.4, 0.5) is 0 Å². The van der Waals surface area contributed by atoms with Crippen molar-refractivity contribution in [3.05, 3.63) is 0 Å². The molecule has 0 saturated carbocycles. The number of hydrogen-bond acceptors (Lipinski definition) is 3. The molecule has 0 spiro atoms. The number of likely N-dealkylation sites (tertiary alicyclic amines) is 1. The van der Waals surface area contributed by atoms with Gasteiger partial charge >= 0.3 is 0 Å². The van der Waals surface area contributed by atoms with E-state index in [9.17, 15) is 0 Å². The van der Waals surface area contributed by atoms with Crippen LogP contribution in [0.3, 0.4) is 0 Å². The van der Waals surface area contributed by atoms with E-state index in [2.05, 4.69) is 10.2 Å². The van der Waals surface area contributed by atoms with Crippen LogP contribution < -0.4 is 5.32 Å². The van der Waals surface area contributed by atoms with E-state index in [1.807, 2.05) is 0 Å². The van der Waals surface area contributed by atoms with E-state index < -0.39 is 0 Å². The third-order valence-electron chi connectivity index (χ3n) is 4.34. The Kier molecular flexibility index (Phi) is 5.75. The lowest BCUT2D eigenvalue weighted by molar-refractivity contribution is 0.151. The molecule has 2 fully saturated rings. The van der Waals surface area contributed by atoms with Gasteiger partial charge in [0.25, 0.3) is 0 Å².